The van der Waals surface area contributed by atoms with Crippen LogP contribution >= 0.6 is 0 Å². The van der Waals surface area contributed by atoms with Crippen molar-refractivity contribution >= 4 is 0 Å². The Kier molecular flexibility index (Phi) is 4.12. The second kappa shape index (κ2) is 4.37. The average molecular weight is 124 g/mol. The molecule has 0 spiro atoms. The van der Waals surface area contributed by atoms with Crippen LogP contribution in [0.3, 0.4) is 0 Å². The van der Waals surface area contributed by atoms with E-state index in [0.717, 1.165) is 6.42 Å². The lowest BCUT2D eigenvalue weighted by atomic mass is 9.99. The summed E-state index contributed by atoms with van der Waals surface area (Å²) >= 11 is 0. The van der Waals surface area contributed by atoms with E-state index in [9.17, 15) is 0 Å². The summed E-state index contributed by atoms with van der Waals surface area (Å²) in [6.07, 6.45) is 5.22. The van der Waals surface area contributed by atoms with Crippen molar-refractivity contribution in [3.63, 3.8) is 0 Å². The van der Waals surface area contributed by atoms with Gasteiger partial charge in [-0.2, -0.15) is 0 Å². The minimum Gasteiger partial charge on any atom is -0.103 e. The van der Waals surface area contributed by atoms with E-state index in [0.29, 0.717) is 5.92 Å². The highest BCUT2D eigenvalue weighted by atomic mass is 14.0. The zero-order valence-electron chi connectivity index (χ0n) is 6.65. The molecular weight excluding hydrogens is 108 g/mol. The van der Waals surface area contributed by atoms with Crippen molar-refractivity contribution < 1.29 is 0 Å². The van der Waals surface area contributed by atoms with Crippen molar-refractivity contribution in [1.82, 2.24) is 0 Å². The molecule has 1 unspecified atom stereocenters. The van der Waals surface area contributed by atoms with Gasteiger partial charge in [0, 0.05) is 0 Å². The zero-order valence-corrected chi connectivity index (χ0v) is 6.65. The first-order valence-corrected chi connectivity index (χ1v) is 3.46. The molecule has 0 saturated heterocycles. The Hall–Kier alpha value is -0.520. The molecule has 0 nitrogen and oxygen atoms in total. The lowest BCUT2D eigenvalue weighted by Gasteiger charge is -2.07. The molecule has 0 heteroatoms. The maximum atomic E-state index is 3.69. The molecule has 0 amide bonds. The summed E-state index contributed by atoms with van der Waals surface area (Å²) in [6, 6.07) is 0. The van der Waals surface area contributed by atoms with Crippen LogP contribution in [0.2, 0.25) is 0 Å². The highest BCUT2D eigenvalue weighted by molar-refractivity contribution is 5.01. The van der Waals surface area contributed by atoms with Crippen LogP contribution in [0, 0.1) is 5.92 Å². The summed E-state index contributed by atoms with van der Waals surface area (Å²) in [5, 5.41) is 0. The van der Waals surface area contributed by atoms with E-state index in [-0.39, 0.29) is 0 Å². The van der Waals surface area contributed by atoms with Crippen LogP contribution in [0.1, 0.15) is 27.2 Å². The molecule has 0 aliphatic heterocycles. The summed E-state index contributed by atoms with van der Waals surface area (Å²) in [7, 11) is 0. The first-order valence-electron chi connectivity index (χ1n) is 3.46. The lowest BCUT2D eigenvalue weighted by Crippen LogP contribution is -1.92. The molecule has 1 atom stereocenters. The van der Waals surface area contributed by atoms with Gasteiger partial charge in [0.15, 0.2) is 0 Å². The van der Waals surface area contributed by atoms with Gasteiger partial charge in [-0.15, -0.1) is 6.58 Å². The molecule has 0 aromatic heterocycles. The van der Waals surface area contributed by atoms with E-state index in [1.165, 1.54) is 5.57 Å². The van der Waals surface area contributed by atoms with Crippen molar-refractivity contribution in [3.05, 3.63) is 24.3 Å². The van der Waals surface area contributed by atoms with Crippen LogP contribution in [0.15, 0.2) is 24.3 Å². The molecule has 0 heterocycles. The van der Waals surface area contributed by atoms with E-state index in [1.54, 1.807) is 0 Å². The Morgan fingerprint density at radius 2 is 2.22 bits per heavy atom. The summed E-state index contributed by atoms with van der Waals surface area (Å²) in [4.78, 5) is 0. The van der Waals surface area contributed by atoms with Crippen molar-refractivity contribution in [2.24, 2.45) is 5.92 Å². The maximum Gasteiger partial charge on any atom is -0.0200 e. The predicted molar refractivity (Wildman–Crippen MR) is 43.4 cm³/mol. The minimum atomic E-state index is 0.674. The molecule has 0 radical (unpaired) electrons. The van der Waals surface area contributed by atoms with E-state index in [4.69, 9.17) is 0 Å². The fourth-order valence-corrected chi connectivity index (χ4v) is 0.720. The van der Waals surface area contributed by atoms with Gasteiger partial charge in [0.2, 0.25) is 0 Å². The van der Waals surface area contributed by atoms with Crippen LogP contribution in [0.5, 0.6) is 0 Å². The van der Waals surface area contributed by atoms with Crippen LogP contribution in [0.25, 0.3) is 0 Å². The average Bonchev–Trinajstić information content (AvgIpc) is 1.87. The Morgan fingerprint density at radius 1 is 1.67 bits per heavy atom. The van der Waals surface area contributed by atoms with Crippen LogP contribution in [-0.4, -0.2) is 0 Å². The summed E-state index contributed by atoms with van der Waals surface area (Å²) in [5.41, 5.74) is 1.45. The first-order chi connectivity index (χ1) is 4.22. The fraction of sp³-hybridized carbons (Fsp3) is 0.556. The quantitative estimate of drug-likeness (QED) is 0.507. The standard InChI is InChI=1S/C9H16/c1-5-7-9(4)8(3)6-2/h5-6,9H,1,7H2,2-4H3/b8-6-. The van der Waals surface area contributed by atoms with E-state index in [2.05, 4.69) is 33.4 Å². The Balaban J connectivity index is 3.72. The molecule has 0 aromatic rings. The molecule has 0 N–H and O–H groups in total. The van der Waals surface area contributed by atoms with Crippen LogP contribution < -0.4 is 0 Å². The molecular formula is C9H16. The lowest BCUT2D eigenvalue weighted by molar-refractivity contribution is 0.694. The van der Waals surface area contributed by atoms with E-state index in [1.807, 2.05) is 6.08 Å². The van der Waals surface area contributed by atoms with Gasteiger partial charge in [0.05, 0.1) is 0 Å². The molecule has 0 saturated carbocycles. The normalized spacial score (nSPS) is 15.2. The molecule has 0 fully saturated rings. The Morgan fingerprint density at radius 3 is 2.56 bits per heavy atom. The largest absolute Gasteiger partial charge is 0.103 e. The van der Waals surface area contributed by atoms with Crippen LogP contribution in [-0.2, 0) is 0 Å². The molecule has 0 bridgehead atoms. The van der Waals surface area contributed by atoms with E-state index < -0.39 is 0 Å². The minimum absolute atomic E-state index is 0.674. The number of rotatable bonds is 3. The topological polar surface area (TPSA) is 0 Å². The zero-order chi connectivity index (χ0) is 7.28. The monoisotopic (exact) mass is 124 g/mol. The highest BCUT2D eigenvalue weighted by Gasteiger charge is 1.98. The number of hydrogen-bond donors (Lipinski definition) is 0. The third-order valence-corrected chi connectivity index (χ3v) is 1.75. The molecule has 0 aliphatic rings. The van der Waals surface area contributed by atoms with E-state index >= 15 is 0 Å². The van der Waals surface area contributed by atoms with Gasteiger partial charge in [-0.1, -0.05) is 24.6 Å². The highest BCUT2D eigenvalue weighted by Crippen LogP contribution is 2.12. The molecule has 9 heavy (non-hydrogen) atoms. The third kappa shape index (κ3) is 3.12. The third-order valence-electron chi connectivity index (χ3n) is 1.75. The van der Waals surface area contributed by atoms with Crippen molar-refractivity contribution in [2.45, 2.75) is 27.2 Å². The Labute approximate surface area is 58.3 Å². The summed E-state index contributed by atoms with van der Waals surface area (Å²) < 4.78 is 0. The van der Waals surface area contributed by atoms with Gasteiger partial charge >= 0.3 is 0 Å². The summed E-state index contributed by atoms with van der Waals surface area (Å²) in [5.74, 6) is 0.674. The number of allylic oxidation sites excluding steroid dienone is 3. The van der Waals surface area contributed by atoms with Gasteiger partial charge in [0.1, 0.15) is 0 Å². The molecule has 0 aromatic carbocycles. The van der Waals surface area contributed by atoms with Gasteiger partial charge in [0.25, 0.3) is 0 Å². The number of hydrogen-bond acceptors (Lipinski definition) is 0. The second-order valence-electron chi connectivity index (χ2n) is 2.46. The first kappa shape index (κ1) is 8.48. The van der Waals surface area contributed by atoms with Crippen molar-refractivity contribution in [2.75, 3.05) is 0 Å². The SMILES string of the molecule is C=CCC(C)/C(C)=C\C. The molecule has 0 rings (SSSR count). The van der Waals surface area contributed by atoms with Gasteiger partial charge in [-0.05, 0) is 26.2 Å². The second-order valence-corrected chi connectivity index (χ2v) is 2.46. The smallest absolute Gasteiger partial charge is 0.0200 e. The van der Waals surface area contributed by atoms with Crippen LogP contribution in [0.4, 0.5) is 0 Å². The van der Waals surface area contributed by atoms with Gasteiger partial charge in [-0.25, -0.2) is 0 Å². The van der Waals surface area contributed by atoms with Crippen molar-refractivity contribution in [1.29, 1.82) is 0 Å². The summed E-state index contributed by atoms with van der Waals surface area (Å²) in [6.45, 7) is 10.1. The molecule has 52 valence electrons. The molecule has 0 aliphatic carbocycles. The fourth-order valence-electron chi connectivity index (χ4n) is 0.720. The van der Waals surface area contributed by atoms with Gasteiger partial charge < -0.3 is 0 Å². The predicted octanol–water partition coefficient (Wildman–Crippen LogP) is 3.16. The van der Waals surface area contributed by atoms with Crippen molar-refractivity contribution in [3.8, 4) is 0 Å². The van der Waals surface area contributed by atoms with Gasteiger partial charge in [-0.3, -0.25) is 0 Å². The Bertz CT molecular complexity index is 109. The maximum absolute atomic E-state index is 3.69.